The molecule has 0 spiro atoms. The zero-order valence-electron chi connectivity index (χ0n) is 13.8. The van der Waals surface area contributed by atoms with Gasteiger partial charge >= 0.3 is 0 Å². The molecular weight excluding hydrogens is 334 g/mol. The molecule has 0 saturated heterocycles. The monoisotopic (exact) mass is 353 g/mol. The molecule has 3 N–H and O–H groups in total. The van der Waals surface area contributed by atoms with Crippen LogP contribution in [0, 0.1) is 0 Å². The molecule has 0 unspecified atom stereocenters. The summed E-state index contributed by atoms with van der Waals surface area (Å²) in [4.78, 5) is 13.9. The molecule has 1 aromatic heterocycles. The van der Waals surface area contributed by atoms with E-state index in [9.17, 15) is 15.0 Å². The summed E-state index contributed by atoms with van der Waals surface area (Å²) in [7, 11) is 0. The third kappa shape index (κ3) is 3.83. The van der Waals surface area contributed by atoms with E-state index in [1.807, 2.05) is 37.3 Å². The van der Waals surface area contributed by atoms with Gasteiger partial charge in [0.05, 0.1) is 4.88 Å². The van der Waals surface area contributed by atoms with E-state index in [0.29, 0.717) is 11.4 Å². The molecule has 0 atom stereocenters. The van der Waals surface area contributed by atoms with Crippen LogP contribution in [-0.2, 0) is 0 Å². The molecule has 2 aromatic carbocycles. The van der Waals surface area contributed by atoms with E-state index in [2.05, 4.69) is 5.32 Å². The number of aromatic hydroxyl groups is 2. The number of thiophene rings is 1. The Balaban J connectivity index is 2.07. The highest BCUT2D eigenvalue weighted by molar-refractivity contribution is 7.18. The number of rotatable bonds is 5. The standard InChI is InChI=1S/C20H19NO3S/c1-2-11-21-20(24)18-12-17(13-3-7-15(22)8-4-13)19(25-18)14-5-9-16(23)10-6-14/h3-10,12,22-23H,2,11H2,1H3,(H,21,24). The topological polar surface area (TPSA) is 69.6 Å². The Hall–Kier alpha value is -2.79. The van der Waals surface area contributed by atoms with Crippen LogP contribution in [0.5, 0.6) is 11.5 Å². The fourth-order valence-electron chi connectivity index (χ4n) is 2.51. The van der Waals surface area contributed by atoms with Crippen molar-refractivity contribution in [3.63, 3.8) is 0 Å². The molecule has 1 heterocycles. The minimum atomic E-state index is -0.0862. The predicted octanol–water partition coefficient (Wildman–Crippen LogP) is 4.63. The smallest absolute Gasteiger partial charge is 0.261 e. The number of amides is 1. The van der Waals surface area contributed by atoms with E-state index in [1.54, 1.807) is 24.3 Å². The lowest BCUT2D eigenvalue weighted by atomic mass is 10.0. The number of phenols is 2. The number of carbonyl (C=O) groups excluding carboxylic acids is 1. The van der Waals surface area contributed by atoms with Crippen LogP contribution in [0.3, 0.4) is 0 Å². The van der Waals surface area contributed by atoms with Gasteiger partial charge in [-0.1, -0.05) is 19.1 Å². The third-order valence-electron chi connectivity index (χ3n) is 3.80. The lowest BCUT2D eigenvalue weighted by molar-refractivity contribution is 0.0957. The summed E-state index contributed by atoms with van der Waals surface area (Å²) in [6, 6.07) is 15.7. The fourth-order valence-corrected chi connectivity index (χ4v) is 3.61. The first-order valence-electron chi connectivity index (χ1n) is 8.09. The van der Waals surface area contributed by atoms with Crippen LogP contribution in [-0.4, -0.2) is 22.7 Å². The SMILES string of the molecule is CCCNC(=O)c1cc(-c2ccc(O)cc2)c(-c2ccc(O)cc2)s1. The highest BCUT2D eigenvalue weighted by atomic mass is 32.1. The Labute approximate surface area is 150 Å². The number of hydrogen-bond acceptors (Lipinski definition) is 4. The third-order valence-corrected chi connectivity index (χ3v) is 4.98. The van der Waals surface area contributed by atoms with Crippen molar-refractivity contribution in [2.24, 2.45) is 0 Å². The van der Waals surface area contributed by atoms with E-state index in [1.165, 1.54) is 11.3 Å². The van der Waals surface area contributed by atoms with Gasteiger partial charge in [0, 0.05) is 17.0 Å². The van der Waals surface area contributed by atoms with Crippen LogP contribution in [0.15, 0.2) is 54.6 Å². The second-order valence-electron chi connectivity index (χ2n) is 5.70. The maximum Gasteiger partial charge on any atom is 0.261 e. The van der Waals surface area contributed by atoms with Crippen molar-refractivity contribution in [3.05, 3.63) is 59.5 Å². The van der Waals surface area contributed by atoms with Crippen molar-refractivity contribution in [1.29, 1.82) is 0 Å². The molecule has 0 fully saturated rings. The van der Waals surface area contributed by atoms with Crippen LogP contribution < -0.4 is 5.32 Å². The molecule has 25 heavy (non-hydrogen) atoms. The quantitative estimate of drug-likeness (QED) is 0.626. The molecule has 0 bridgehead atoms. The van der Waals surface area contributed by atoms with Crippen LogP contribution in [0.1, 0.15) is 23.0 Å². The normalized spacial score (nSPS) is 10.6. The minimum Gasteiger partial charge on any atom is -0.508 e. The lowest BCUT2D eigenvalue weighted by Crippen LogP contribution is -2.22. The van der Waals surface area contributed by atoms with Crippen LogP contribution in [0.2, 0.25) is 0 Å². The Morgan fingerprint density at radius 2 is 1.52 bits per heavy atom. The number of nitrogens with one attached hydrogen (secondary N) is 1. The van der Waals surface area contributed by atoms with E-state index in [-0.39, 0.29) is 17.4 Å². The van der Waals surface area contributed by atoms with E-state index in [0.717, 1.165) is 28.0 Å². The maximum absolute atomic E-state index is 12.4. The second-order valence-corrected chi connectivity index (χ2v) is 6.76. The molecule has 0 saturated carbocycles. The van der Waals surface area contributed by atoms with Gasteiger partial charge in [-0.2, -0.15) is 0 Å². The summed E-state index contributed by atoms with van der Waals surface area (Å²) in [5, 5.41) is 21.9. The summed E-state index contributed by atoms with van der Waals surface area (Å²) in [6.45, 7) is 2.65. The van der Waals surface area contributed by atoms with E-state index < -0.39 is 0 Å². The number of hydrogen-bond donors (Lipinski definition) is 3. The van der Waals surface area contributed by atoms with Gasteiger partial charge in [-0.05, 0) is 60.0 Å². The molecule has 0 aliphatic rings. The number of phenolic OH excluding ortho intramolecular Hbond substituents is 2. The van der Waals surface area contributed by atoms with E-state index in [4.69, 9.17) is 0 Å². The van der Waals surface area contributed by atoms with Crippen molar-refractivity contribution >= 4 is 17.2 Å². The molecule has 128 valence electrons. The van der Waals surface area contributed by atoms with Gasteiger partial charge in [-0.3, -0.25) is 4.79 Å². The van der Waals surface area contributed by atoms with Crippen LogP contribution in [0.4, 0.5) is 0 Å². The maximum atomic E-state index is 12.4. The Morgan fingerprint density at radius 1 is 0.960 bits per heavy atom. The Bertz CT molecular complexity index is 804. The van der Waals surface area contributed by atoms with Crippen molar-refractivity contribution in [2.45, 2.75) is 13.3 Å². The first-order valence-corrected chi connectivity index (χ1v) is 8.91. The van der Waals surface area contributed by atoms with Gasteiger partial charge in [0.1, 0.15) is 11.5 Å². The molecule has 0 aliphatic carbocycles. The molecule has 3 rings (SSSR count). The van der Waals surface area contributed by atoms with Crippen LogP contribution >= 0.6 is 11.3 Å². The van der Waals surface area contributed by atoms with E-state index >= 15 is 0 Å². The molecular formula is C20H19NO3S. The minimum absolute atomic E-state index is 0.0862. The zero-order chi connectivity index (χ0) is 17.8. The summed E-state index contributed by atoms with van der Waals surface area (Å²) >= 11 is 1.42. The van der Waals surface area contributed by atoms with Gasteiger partial charge in [0.2, 0.25) is 0 Å². The largest absolute Gasteiger partial charge is 0.508 e. The van der Waals surface area contributed by atoms with Crippen molar-refractivity contribution in [1.82, 2.24) is 5.32 Å². The Kier molecular flexibility index (Phi) is 5.05. The molecule has 1 amide bonds. The fraction of sp³-hybridized carbons (Fsp3) is 0.150. The van der Waals surface area contributed by atoms with Crippen molar-refractivity contribution in [3.8, 4) is 33.1 Å². The highest BCUT2D eigenvalue weighted by Crippen LogP contribution is 2.40. The summed E-state index contributed by atoms with van der Waals surface area (Å²) in [5.74, 6) is 0.315. The summed E-state index contributed by atoms with van der Waals surface area (Å²) < 4.78 is 0. The van der Waals surface area contributed by atoms with Gasteiger partial charge < -0.3 is 15.5 Å². The van der Waals surface area contributed by atoms with Gasteiger partial charge in [-0.25, -0.2) is 0 Å². The molecule has 5 heteroatoms. The second kappa shape index (κ2) is 7.40. The first kappa shape index (κ1) is 17.0. The molecule has 4 nitrogen and oxygen atoms in total. The zero-order valence-corrected chi connectivity index (χ0v) is 14.6. The van der Waals surface area contributed by atoms with Gasteiger partial charge in [0.25, 0.3) is 5.91 Å². The molecule has 0 radical (unpaired) electrons. The van der Waals surface area contributed by atoms with Crippen LogP contribution in [0.25, 0.3) is 21.6 Å². The summed E-state index contributed by atoms with van der Waals surface area (Å²) in [5.41, 5.74) is 2.78. The number of benzene rings is 2. The van der Waals surface area contributed by atoms with Crippen molar-refractivity contribution in [2.75, 3.05) is 6.54 Å². The summed E-state index contributed by atoms with van der Waals surface area (Å²) in [6.07, 6.45) is 0.882. The first-order chi connectivity index (χ1) is 12.1. The molecule has 3 aromatic rings. The van der Waals surface area contributed by atoms with Gasteiger partial charge in [0.15, 0.2) is 0 Å². The molecule has 0 aliphatic heterocycles. The number of carbonyl (C=O) groups is 1. The van der Waals surface area contributed by atoms with Crippen molar-refractivity contribution < 1.29 is 15.0 Å². The lowest BCUT2D eigenvalue weighted by Gasteiger charge is -2.05. The average Bonchev–Trinajstić information content (AvgIpc) is 3.06. The highest BCUT2D eigenvalue weighted by Gasteiger charge is 2.17. The Morgan fingerprint density at radius 3 is 2.08 bits per heavy atom. The average molecular weight is 353 g/mol. The van der Waals surface area contributed by atoms with Gasteiger partial charge in [-0.15, -0.1) is 11.3 Å². The predicted molar refractivity (Wildman–Crippen MR) is 101 cm³/mol.